The highest BCUT2D eigenvalue weighted by molar-refractivity contribution is 14.1. The maximum Gasteiger partial charge on any atom is 0.170 e. The molecule has 0 aliphatic carbocycles. The fraction of sp³-hybridized carbons (Fsp3) is 0. The van der Waals surface area contributed by atoms with E-state index in [1.807, 2.05) is 54.6 Å². The first-order valence-electron chi connectivity index (χ1n) is 5.48. The van der Waals surface area contributed by atoms with Gasteiger partial charge in [-0.1, -0.05) is 30.3 Å². The number of rotatable bonds is 2. The van der Waals surface area contributed by atoms with Crippen LogP contribution in [0, 0.1) is 3.70 Å². The van der Waals surface area contributed by atoms with E-state index >= 15 is 0 Å². The number of aromatic nitrogens is 2. The minimum atomic E-state index is 0.757. The summed E-state index contributed by atoms with van der Waals surface area (Å²) in [5.41, 5.74) is 0.837. The normalized spacial score (nSPS) is 10.5. The number of hydrogen-bond donors (Lipinski definition) is 0. The lowest BCUT2D eigenvalue weighted by Crippen LogP contribution is -1.94. The fourth-order valence-corrected chi connectivity index (χ4v) is 2.22. The SMILES string of the molecule is Ic1nnc2ccccc2c1Oc1ccccc1. The van der Waals surface area contributed by atoms with Gasteiger partial charge in [0.25, 0.3) is 0 Å². The molecule has 1 heterocycles. The van der Waals surface area contributed by atoms with Gasteiger partial charge >= 0.3 is 0 Å². The largest absolute Gasteiger partial charge is 0.454 e. The van der Waals surface area contributed by atoms with E-state index in [1.54, 1.807) is 0 Å². The maximum atomic E-state index is 5.91. The van der Waals surface area contributed by atoms with Crippen LogP contribution in [0.3, 0.4) is 0 Å². The van der Waals surface area contributed by atoms with Crippen molar-refractivity contribution in [2.75, 3.05) is 0 Å². The van der Waals surface area contributed by atoms with E-state index in [-0.39, 0.29) is 0 Å². The van der Waals surface area contributed by atoms with Crippen LogP contribution in [-0.4, -0.2) is 10.2 Å². The number of fused-ring (bicyclic) bond motifs is 1. The highest BCUT2D eigenvalue weighted by atomic mass is 127. The molecule has 0 bridgehead atoms. The van der Waals surface area contributed by atoms with Gasteiger partial charge in [0, 0.05) is 5.39 Å². The van der Waals surface area contributed by atoms with Crippen LogP contribution in [-0.2, 0) is 0 Å². The summed E-state index contributed by atoms with van der Waals surface area (Å²) in [7, 11) is 0. The Hall–Kier alpha value is -1.69. The molecule has 1 aromatic heterocycles. The van der Waals surface area contributed by atoms with Crippen molar-refractivity contribution in [3.8, 4) is 11.5 Å². The molecule has 3 rings (SSSR count). The number of benzene rings is 2. The van der Waals surface area contributed by atoms with Gasteiger partial charge in [0.05, 0.1) is 5.52 Å². The Morgan fingerprint density at radius 3 is 2.39 bits per heavy atom. The third-order valence-electron chi connectivity index (χ3n) is 2.54. The first-order valence-corrected chi connectivity index (χ1v) is 6.56. The third kappa shape index (κ3) is 2.15. The molecular weight excluding hydrogens is 339 g/mol. The van der Waals surface area contributed by atoms with Crippen LogP contribution in [0.25, 0.3) is 10.9 Å². The molecule has 0 saturated heterocycles. The van der Waals surface area contributed by atoms with Gasteiger partial charge in [0.1, 0.15) is 5.75 Å². The van der Waals surface area contributed by atoms with Gasteiger partial charge in [-0.15, -0.1) is 10.2 Å². The zero-order chi connectivity index (χ0) is 12.4. The highest BCUT2D eigenvalue weighted by Crippen LogP contribution is 2.31. The molecule has 3 nitrogen and oxygen atoms in total. The molecule has 0 saturated carbocycles. The predicted octanol–water partition coefficient (Wildman–Crippen LogP) is 4.03. The number of ether oxygens (including phenoxy) is 1. The van der Waals surface area contributed by atoms with E-state index in [2.05, 4.69) is 32.8 Å². The Labute approximate surface area is 118 Å². The van der Waals surface area contributed by atoms with E-state index < -0.39 is 0 Å². The van der Waals surface area contributed by atoms with Gasteiger partial charge < -0.3 is 4.74 Å². The Kier molecular flexibility index (Phi) is 3.10. The third-order valence-corrected chi connectivity index (χ3v) is 3.25. The second-order valence-electron chi connectivity index (χ2n) is 3.75. The zero-order valence-corrected chi connectivity index (χ0v) is 11.5. The van der Waals surface area contributed by atoms with E-state index in [0.29, 0.717) is 0 Å². The summed E-state index contributed by atoms with van der Waals surface area (Å²) in [5, 5.41) is 9.23. The summed E-state index contributed by atoms with van der Waals surface area (Å²) in [6.07, 6.45) is 0. The second-order valence-corrected chi connectivity index (χ2v) is 4.77. The zero-order valence-electron chi connectivity index (χ0n) is 9.38. The molecule has 0 aliphatic heterocycles. The first-order chi connectivity index (χ1) is 8.84. The Bertz CT molecular complexity index is 686. The van der Waals surface area contributed by atoms with Gasteiger partial charge in [0.15, 0.2) is 9.45 Å². The molecule has 18 heavy (non-hydrogen) atoms. The van der Waals surface area contributed by atoms with Crippen LogP contribution >= 0.6 is 22.6 Å². The summed E-state index contributed by atoms with van der Waals surface area (Å²) in [5.74, 6) is 1.56. The highest BCUT2D eigenvalue weighted by Gasteiger charge is 2.10. The molecule has 0 N–H and O–H groups in total. The molecule has 0 spiro atoms. The van der Waals surface area contributed by atoms with Crippen LogP contribution in [0.1, 0.15) is 0 Å². The fourth-order valence-electron chi connectivity index (χ4n) is 1.71. The average molecular weight is 348 g/mol. The van der Waals surface area contributed by atoms with Gasteiger partial charge in [-0.2, -0.15) is 0 Å². The lowest BCUT2D eigenvalue weighted by atomic mass is 10.2. The molecule has 4 heteroatoms. The molecule has 0 unspecified atom stereocenters. The van der Waals surface area contributed by atoms with Crippen molar-refractivity contribution >= 4 is 33.5 Å². The molecule has 0 atom stereocenters. The summed E-state index contributed by atoms with van der Waals surface area (Å²) < 4.78 is 6.67. The Balaban J connectivity index is 2.13. The standard InChI is InChI=1S/C14H9IN2O/c15-14-13(18-10-6-2-1-3-7-10)11-8-4-5-9-12(11)16-17-14/h1-9H. The number of halogens is 1. The summed E-state index contributed by atoms with van der Waals surface area (Å²) in [4.78, 5) is 0. The lowest BCUT2D eigenvalue weighted by molar-refractivity contribution is 0.480. The van der Waals surface area contributed by atoms with Crippen molar-refractivity contribution in [2.24, 2.45) is 0 Å². The van der Waals surface area contributed by atoms with Gasteiger partial charge in [-0.05, 0) is 46.9 Å². The van der Waals surface area contributed by atoms with Crippen molar-refractivity contribution in [1.82, 2.24) is 10.2 Å². The summed E-state index contributed by atoms with van der Waals surface area (Å²) in [6.45, 7) is 0. The topological polar surface area (TPSA) is 35.0 Å². The molecule has 88 valence electrons. The van der Waals surface area contributed by atoms with Crippen molar-refractivity contribution in [1.29, 1.82) is 0 Å². The molecule has 0 amide bonds. The molecule has 0 fully saturated rings. The van der Waals surface area contributed by atoms with Crippen LogP contribution < -0.4 is 4.74 Å². The molecule has 2 aromatic carbocycles. The van der Waals surface area contributed by atoms with Crippen molar-refractivity contribution in [3.63, 3.8) is 0 Å². The average Bonchev–Trinajstić information content (AvgIpc) is 2.43. The van der Waals surface area contributed by atoms with E-state index in [0.717, 1.165) is 26.1 Å². The van der Waals surface area contributed by atoms with Gasteiger partial charge in [-0.3, -0.25) is 0 Å². The smallest absolute Gasteiger partial charge is 0.170 e. The Morgan fingerprint density at radius 2 is 1.56 bits per heavy atom. The number of nitrogens with zero attached hydrogens (tertiary/aromatic N) is 2. The summed E-state index contributed by atoms with van der Waals surface area (Å²) >= 11 is 2.14. The molecule has 0 radical (unpaired) electrons. The van der Waals surface area contributed by atoms with Gasteiger partial charge in [0.2, 0.25) is 0 Å². The monoisotopic (exact) mass is 348 g/mol. The number of hydrogen-bond acceptors (Lipinski definition) is 3. The molecule has 0 aliphatic rings. The maximum absolute atomic E-state index is 5.91. The molecule has 3 aromatic rings. The minimum Gasteiger partial charge on any atom is -0.454 e. The van der Waals surface area contributed by atoms with Gasteiger partial charge in [-0.25, -0.2) is 0 Å². The van der Waals surface area contributed by atoms with E-state index in [1.165, 1.54) is 0 Å². The van der Waals surface area contributed by atoms with Crippen LogP contribution in [0.15, 0.2) is 54.6 Å². The Morgan fingerprint density at radius 1 is 0.833 bits per heavy atom. The van der Waals surface area contributed by atoms with Crippen LogP contribution in [0.2, 0.25) is 0 Å². The minimum absolute atomic E-state index is 0.757. The van der Waals surface area contributed by atoms with Crippen LogP contribution in [0.5, 0.6) is 11.5 Å². The number of para-hydroxylation sites is 1. The van der Waals surface area contributed by atoms with E-state index in [9.17, 15) is 0 Å². The van der Waals surface area contributed by atoms with E-state index in [4.69, 9.17) is 4.74 Å². The first kappa shape index (κ1) is 11.4. The van der Waals surface area contributed by atoms with Crippen molar-refractivity contribution in [3.05, 3.63) is 58.3 Å². The molecular formula is C14H9IN2O. The van der Waals surface area contributed by atoms with Crippen LogP contribution in [0.4, 0.5) is 0 Å². The predicted molar refractivity (Wildman–Crippen MR) is 78.8 cm³/mol. The second kappa shape index (κ2) is 4.89. The van der Waals surface area contributed by atoms with Crippen molar-refractivity contribution in [2.45, 2.75) is 0 Å². The quantitative estimate of drug-likeness (QED) is 0.656. The van der Waals surface area contributed by atoms with Crippen molar-refractivity contribution < 1.29 is 4.74 Å². The lowest BCUT2D eigenvalue weighted by Gasteiger charge is -2.09. The summed E-state index contributed by atoms with van der Waals surface area (Å²) in [6, 6.07) is 17.5.